The molecule has 5 rings (SSSR count). The van der Waals surface area contributed by atoms with Gasteiger partial charge in [0.1, 0.15) is 0 Å². The van der Waals surface area contributed by atoms with Crippen LogP contribution < -0.4 is 10.6 Å². The normalized spacial score (nSPS) is 24.6. The predicted octanol–water partition coefficient (Wildman–Crippen LogP) is 8.52. The Kier molecular flexibility index (Phi) is 7.54. The smallest absolute Gasteiger partial charge is 0.0111 e. The van der Waals surface area contributed by atoms with Crippen LogP contribution >= 0.6 is 15.8 Å². The predicted molar refractivity (Wildman–Crippen MR) is 160 cm³/mol. The molecular weight excluding hydrogens is 458 g/mol. The third-order valence-electron chi connectivity index (χ3n) is 8.54. The second-order valence-corrected chi connectivity index (χ2v) is 16.1. The van der Waals surface area contributed by atoms with Crippen LogP contribution in [0.2, 0.25) is 0 Å². The van der Waals surface area contributed by atoms with Crippen molar-refractivity contribution in [2.75, 3.05) is 24.6 Å². The average molecular weight is 501 g/mol. The molecule has 184 valence electrons. The van der Waals surface area contributed by atoms with Gasteiger partial charge >= 0.3 is 0 Å². The Bertz CT molecular complexity index is 1170. The summed E-state index contributed by atoms with van der Waals surface area (Å²) in [6, 6.07) is 19.3. The van der Waals surface area contributed by atoms with Gasteiger partial charge in [0.25, 0.3) is 0 Å². The maximum Gasteiger partial charge on any atom is -0.0111 e. The molecule has 2 unspecified atom stereocenters. The van der Waals surface area contributed by atoms with E-state index in [-0.39, 0.29) is 15.8 Å². The van der Waals surface area contributed by atoms with E-state index >= 15 is 0 Å². The summed E-state index contributed by atoms with van der Waals surface area (Å²) in [5.41, 5.74) is 12.2. The molecular formula is C33H42P2. The number of aryl methyl sites for hydroxylation is 6. The highest BCUT2D eigenvalue weighted by molar-refractivity contribution is 7.72. The van der Waals surface area contributed by atoms with Crippen molar-refractivity contribution >= 4 is 26.5 Å². The third kappa shape index (κ3) is 5.17. The quantitative estimate of drug-likeness (QED) is 0.315. The molecule has 3 aromatic carbocycles. The Morgan fingerprint density at radius 1 is 0.543 bits per heavy atom. The summed E-state index contributed by atoms with van der Waals surface area (Å²) in [4.78, 5) is 0. The van der Waals surface area contributed by atoms with E-state index in [2.05, 4.69) is 90.1 Å². The van der Waals surface area contributed by atoms with Crippen LogP contribution in [0.4, 0.5) is 0 Å². The van der Waals surface area contributed by atoms with E-state index in [1.54, 1.807) is 21.7 Å². The SMILES string of the molecule is Cc1cc(C)c(C2CCP(c3ccccc3P3CCC(c4c(C)cc(C)cc4C)C3)CC2)c(C)c1. The van der Waals surface area contributed by atoms with Crippen molar-refractivity contribution in [2.24, 2.45) is 0 Å². The van der Waals surface area contributed by atoms with Crippen LogP contribution in [-0.2, 0) is 0 Å². The van der Waals surface area contributed by atoms with Crippen molar-refractivity contribution < 1.29 is 0 Å². The minimum Gasteiger partial charge on any atom is -0.0746 e. The monoisotopic (exact) mass is 500 g/mol. The van der Waals surface area contributed by atoms with Crippen molar-refractivity contribution in [3.63, 3.8) is 0 Å². The van der Waals surface area contributed by atoms with Gasteiger partial charge < -0.3 is 0 Å². The minimum absolute atomic E-state index is 0.0153. The standard InChI is InChI=1S/C33H42P2/c1-22-17-24(3)32(25(4)18-22)28-11-14-34(15-12-28)30-9-7-8-10-31(30)35-16-13-29(21-35)33-26(5)19-23(2)20-27(33)6/h7-10,17-20,28-29H,11-16,21H2,1-6H3. The molecule has 0 radical (unpaired) electrons. The van der Waals surface area contributed by atoms with Crippen LogP contribution in [0.3, 0.4) is 0 Å². The van der Waals surface area contributed by atoms with Gasteiger partial charge in [-0.2, -0.15) is 0 Å². The Hall–Kier alpha value is -1.48. The fourth-order valence-electron chi connectivity index (χ4n) is 7.29. The van der Waals surface area contributed by atoms with Gasteiger partial charge in [-0.05, 0) is 141 Å². The largest absolute Gasteiger partial charge is 0.0746 e. The molecule has 2 saturated heterocycles. The molecule has 0 aromatic heterocycles. The summed E-state index contributed by atoms with van der Waals surface area (Å²) in [6.07, 6.45) is 9.73. The second kappa shape index (κ2) is 10.5. The first-order valence-corrected chi connectivity index (χ1v) is 17.0. The zero-order chi connectivity index (χ0) is 24.7. The van der Waals surface area contributed by atoms with Crippen molar-refractivity contribution in [3.8, 4) is 0 Å². The van der Waals surface area contributed by atoms with Crippen LogP contribution in [0.5, 0.6) is 0 Å². The summed E-state index contributed by atoms with van der Waals surface area (Å²) in [7, 11) is -0.0492. The maximum atomic E-state index is 2.52. The Balaban J connectivity index is 1.32. The van der Waals surface area contributed by atoms with E-state index in [0.29, 0.717) is 0 Å². The maximum absolute atomic E-state index is 2.52. The summed E-state index contributed by atoms with van der Waals surface area (Å²) in [5, 5.41) is 3.53. The van der Waals surface area contributed by atoms with Gasteiger partial charge in [-0.3, -0.25) is 0 Å². The molecule has 2 aliphatic heterocycles. The summed E-state index contributed by atoms with van der Waals surface area (Å²) in [6.45, 7) is 13.8. The zero-order valence-electron chi connectivity index (χ0n) is 22.6. The van der Waals surface area contributed by atoms with Crippen LogP contribution in [0, 0.1) is 41.5 Å². The van der Waals surface area contributed by atoms with Gasteiger partial charge in [-0.1, -0.05) is 75.5 Å². The lowest BCUT2D eigenvalue weighted by atomic mass is 9.86. The van der Waals surface area contributed by atoms with Gasteiger partial charge in [-0.25, -0.2) is 0 Å². The molecule has 0 spiro atoms. The van der Waals surface area contributed by atoms with Crippen LogP contribution in [0.25, 0.3) is 0 Å². The molecule has 0 nitrogen and oxygen atoms in total. The molecule has 0 N–H and O–H groups in total. The van der Waals surface area contributed by atoms with Crippen molar-refractivity contribution in [3.05, 3.63) is 93.0 Å². The highest BCUT2D eigenvalue weighted by Crippen LogP contribution is 2.53. The fourth-order valence-corrected chi connectivity index (χ4v) is 13.6. The first kappa shape index (κ1) is 25.2. The van der Waals surface area contributed by atoms with E-state index in [1.165, 1.54) is 77.3 Å². The van der Waals surface area contributed by atoms with Gasteiger partial charge in [0.05, 0.1) is 0 Å². The van der Waals surface area contributed by atoms with Gasteiger partial charge in [0, 0.05) is 0 Å². The van der Waals surface area contributed by atoms with Crippen LogP contribution in [0.15, 0.2) is 48.5 Å². The summed E-state index contributed by atoms with van der Waals surface area (Å²) in [5.74, 6) is 1.52. The molecule has 2 atom stereocenters. The average Bonchev–Trinajstić information content (AvgIpc) is 3.28. The van der Waals surface area contributed by atoms with Gasteiger partial charge in [0.15, 0.2) is 0 Å². The van der Waals surface area contributed by atoms with Gasteiger partial charge in [-0.15, -0.1) is 0 Å². The highest BCUT2D eigenvalue weighted by atomic mass is 31.1. The minimum atomic E-state index is -0.0338. The van der Waals surface area contributed by atoms with Crippen LogP contribution in [-0.4, -0.2) is 24.6 Å². The lowest BCUT2D eigenvalue weighted by Crippen LogP contribution is -2.27. The molecule has 0 saturated carbocycles. The van der Waals surface area contributed by atoms with Crippen molar-refractivity contribution in [1.29, 1.82) is 0 Å². The number of hydrogen-bond acceptors (Lipinski definition) is 0. The fraction of sp³-hybridized carbons (Fsp3) is 0.455. The highest BCUT2D eigenvalue weighted by Gasteiger charge is 2.32. The topological polar surface area (TPSA) is 0 Å². The Morgan fingerprint density at radius 3 is 1.46 bits per heavy atom. The van der Waals surface area contributed by atoms with E-state index in [0.717, 1.165) is 11.8 Å². The molecule has 2 aliphatic rings. The molecule has 3 aromatic rings. The lowest BCUT2D eigenvalue weighted by molar-refractivity contribution is 0.624. The molecule has 2 heterocycles. The van der Waals surface area contributed by atoms with Crippen molar-refractivity contribution in [2.45, 2.75) is 72.6 Å². The van der Waals surface area contributed by atoms with E-state index < -0.39 is 0 Å². The summed E-state index contributed by atoms with van der Waals surface area (Å²) >= 11 is 0. The molecule has 0 aliphatic carbocycles. The number of benzene rings is 3. The Labute approximate surface area is 216 Å². The number of rotatable bonds is 4. The molecule has 0 bridgehead atoms. The first-order valence-electron chi connectivity index (χ1n) is 13.6. The van der Waals surface area contributed by atoms with Crippen molar-refractivity contribution in [1.82, 2.24) is 0 Å². The van der Waals surface area contributed by atoms with Crippen LogP contribution in [0.1, 0.15) is 75.6 Å². The molecule has 35 heavy (non-hydrogen) atoms. The van der Waals surface area contributed by atoms with E-state index in [4.69, 9.17) is 0 Å². The zero-order valence-corrected chi connectivity index (χ0v) is 24.4. The Morgan fingerprint density at radius 2 is 0.943 bits per heavy atom. The molecule has 2 fully saturated rings. The second-order valence-electron chi connectivity index (χ2n) is 11.3. The molecule has 2 heteroatoms. The summed E-state index contributed by atoms with van der Waals surface area (Å²) < 4.78 is 0. The van der Waals surface area contributed by atoms with Gasteiger partial charge in [0.2, 0.25) is 0 Å². The first-order chi connectivity index (χ1) is 16.8. The van der Waals surface area contributed by atoms with E-state index in [9.17, 15) is 0 Å². The third-order valence-corrected chi connectivity index (χ3v) is 14.1. The lowest BCUT2D eigenvalue weighted by Gasteiger charge is -2.33. The molecule has 0 amide bonds. The van der Waals surface area contributed by atoms with E-state index in [1.807, 2.05) is 0 Å². The number of hydrogen-bond donors (Lipinski definition) is 0.